The van der Waals surface area contributed by atoms with Gasteiger partial charge in [0.15, 0.2) is 0 Å². The molecule has 254 valence electrons. The summed E-state index contributed by atoms with van der Waals surface area (Å²) >= 11 is 0. The predicted molar refractivity (Wildman–Crippen MR) is 178 cm³/mol. The second-order valence-corrected chi connectivity index (χ2v) is 12.4. The summed E-state index contributed by atoms with van der Waals surface area (Å²) in [6.07, 6.45) is 13.6. The zero-order valence-corrected chi connectivity index (χ0v) is 27.9. The standard InChI is InChI=1S/C34H44N10O4/c1-24(45-3)10-13-47-33-31(21-44(41-33)30-8-6-29(7-9-30)42-11-14-46-15-12-42)40-34-37-18-28(19-38-34)26-4-5-27(17-35)32(16-26)48-25(2)20-43-23-36-22-39-43/h4-5,16,18-19,21-25,29-30H,6-15,20H2,1-3H3,(H,37,38,40). The second kappa shape index (κ2) is 16.0. The third-order valence-electron chi connectivity index (χ3n) is 9.04. The Morgan fingerprint density at radius 1 is 1.04 bits per heavy atom. The molecule has 6 rings (SSSR count). The summed E-state index contributed by atoms with van der Waals surface area (Å²) in [4.78, 5) is 15.8. The maximum atomic E-state index is 9.67. The van der Waals surface area contributed by atoms with Gasteiger partial charge in [-0.1, -0.05) is 6.07 Å². The van der Waals surface area contributed by atoms with Crippen molar-refractivity contribution in [3.8, 4) is 28.8 Å². The number of methoxy groups -OCH3 is 1. The number of benzene rings is 1. The second-order valence-electron chi connectivity index (χ2n) is 12.4. The summed E-state index contributed by atoms with van der Waals surface area (Å²) < 4.78 is 27.0. The lowest BCUT2D eigenvalue weighted by atomic mass is 9.90. The van der Waals surface area contributed by atoms with Crippen LogP contribution in [0.3, 0.4) is 0 Å². The molecule has 14 nitrogen and oxygen atoms in total. The molecule has 2 fully saturated rings. The van der Waals surface area contributed by atoms with E-state index in [0.29, 0.717) is 48.4 Å². The first-order chi connectivity index (χ1) is 23.5. The Kier molecular flexibility index (Phi) is 11.1. The highest BCUT2D eigenvalue weighted by atomic mass is 16.5. The van der Waals surface area contributed by atoms with Crippen LogP contribution in [0.15, 0.2) is 49.4 Å². The molecule has 48 heavy (non-hydrogen) atoms. The van der Waals surface area contributed by atoms with Gasteiger partial charge in [0, 0.05) is 50.6 Å². The van der Waals surface area contributed by atoms with Gasteiger partial charge in [0.05, 0.1) is 50.3 Å². The molecule has 2 atom stereocenters. The van der Waals surface area contributed by atoms with E-state index in [-0.39, 0.29) is 12.2 Å². The first kappa shape index (κ1) is 33.3. The average Bonchev–Trinajstić information content (AvgIpc) is 3.79. The molecule has 0 amide bonds. The van der Waals surface area contributed by atoms with Crippen LogP contribution in [0, 0.1) is 11.3 Å². The molecule has 14 heteroatoms. The van der Waals surface area contributed by atoms with Crippen LogP contribution in [-0.2, 0) is 16.0 Å². The minimum Gasteiger partial charge on any atom is -0.487 e. The van der Waals surface area contributed by atoms with Gasteiger partial charge in [-0.15, -0.1) is 5.10 Å². The molecule has 0 bridgehead atoms. The maximum absolute atomic E-state index is 9.67. The molecular formula is C34H44N10O4. The van der Waals surface area contributed by atoms with Gasteiger partial charge >= 0.3 is 0 Å². The Morgan fingerprint density at radius 3 is 2.52 bits per heavy atom. The number of ether oxygens (including phenoxy) is 4. The van der Waals surface area contributed by atoms with E-state index in [1.807, 2.05) is 36.9 Å². The third kappa shape index (κ3) is 8.46. The fourth-order valence-corrected chi connectivity index (χ4v) is 6.22. The van der Waals surface area contributed by atoms with Gasteiger partial charge in [-0.05, 0) is 57.2 Å². The SMILES string of the molecule is COC(C)CCOc1nn(C2CCC(N3CCOCC3)CC2)cc1Nc1ncc(-c2ccc(C#N)c(OC(C)Cn3cncn3)c2)cn1. The molecule has 1 N–H and O–H groups in total. The lowest BCUT2D eigenvalue weighted by molar-refractivity contribution is 0.00502. The number of nitrogens with one attached hydrogen (secondary N) is 1. The molecule has 1 aliphatic carbocycles. The van der Waals surface area contributed by atoms with Crippen molar-refractivity contribution in [2.45, 2.75) is 76.8 Å². The van der Waals surface area contributed by atoms with Crippen LogP contribution in [0.25, 0.3) is 11.1 Å². The fourth-order valence-electron chi connectivity index (χ4n) is 6.22. The maximum Gasteiger partial charge on any atom is 0.256 e. The van der Waals surface area contributed by atoms with Gasteiger partial charge in [0.2, 0.25) is 5.95 Å². The Hall–Kier alpha value is -4.58. The summed E-state index contributed by atoms with van der Waals surface area (Å²) in [6, 6.07) is 8.57. The topological polar surface area (TPSA) is 150 Å². The Labute approximate surface area is 281 Å². The van der Waals surface area contributed by atoms with Crippen LogP contribution >= 0.6 is 0 Å². The van der Waals surface area contributed by atoms with E-state index in [4.69, 9.17) is 24.0 Å². The van der Waals surface area contributed by atoms with Crippen LogP contribution < -0.4 is 14.8 Å². The minimum absolute atomic E-state index is 0.0832. The zero-order chi connectivity index (χ0) is 33.3. The summed E-state index contributed by atoms with van der Waals surface area (Å²) in [5.74, 6) is 1.44. The molecule has 1 aromatic carbocycles. The molecule has 2 unspecified atom stereocenters. The first-order valence-electron chi connectivity index (χ1n) is 16.7. The van der Waals surface area contributed by atoms with E-state index in [1.54, 1.807) is 36.6 Å². The zero-order valence-electron chi connectivity index (χ0n) is 27.9. The largest absolute Gasteiger partial charge is 0.487 e. The van der Waals surface area contributed by atoms with Gasteiger partial charge in [0.1, 0.15) is 36.3 Å². The molecule has 4 aromatic rings. The highest BCUT2D eigenvalue weighted by molar-refractivity contribution is 5.67. The monoisotopic (exact) mass is 656 g/mol. The number of hydrogen-bond acceptors (Lipinski definition) is 12. The summed E-state index contributed by atoms with van der Waals surface area (Å²) in [5, 5.41) is 22.0. The molecule has 4 heterocycles. The van der Waals surface area contributed by atoms with E-state index < -0.39 is 0 Å². The van der Waals surface area contributed by atoms with Crippen LogP contribution in [0.5, 0.6) is 11.6 Å². The Morgan fingerprint density at radius 2 is 1.81 bits per heavy atom. The van der Waals surface area contributed by atoms with Crippen molar-refractivity contribution >= 4 is 11.6 Å². The van der Waals surface area contributed by atoms with E-state index in [0.717, 1.165) is 75.2 Å². The first-order valence-corrected chi connectivity index (χ1v) is 16.7. The normalized spacial score (nSPS) is 19.7. The molecular weight excluding hydrogens is 612 g/mol. The number of anilines is 2. The molecule has 2 aliphatic rings. The molecule has 1 saturated heterocycles. The van der Waals surface area contributed by atoms with Crippen molar-refractivity contribution in [1.29, 1.82) is 5.26 Å². The third-order valence-corrected chi connectivity index (χ3v) is 9.04. The number of aromatic nitrogens is 7. The Balaban J connectivity index is 1.14. The van der Waals surface area contributed by atoms with Crippen LogP contribution in [-0.4, -0.2) is 97.7 Å². The molecule has 0 spiro atoms. The van der Waals surface area contributed by atoms with Gasteiger partial charge in [-0.2, -0.15) is 10.4 Å². The average molecular weight is 657 g/mol. The van der Waals surface area contributed by atoms with Crippen molar-refractivity contribution in [2.75, 3.05) is 45.3 Å². The van der Waals surface area contributed by atoms with Gasteiger partial charge in [-0.25, -0.2) is 19.6 Å². The highest BCUT2D eigenvalue weighted by Gasteiger charge is 2.29. The van der Waals surface area contributed by atoms with E-state index in [2.05, 4.69) is 36.3 Å². The van der Waals surface area contributed by atoms with E-state index >= 15 is 0 Å². The van der Waals surface area contributed by atoms with Crippen LogP contribution in [0.1, 0.15) is 57.6 Å². The summed E-state index contributed by atoms with van der Waals surface area (Å²) in [5.41, 5.74) is 2.79. The van der Waals surface area contributed by atoms with Crippen molar-refractivity contribution in [1.82, 2.24) is 39.4 Å². The number of nitriles is 1. The predicted octanol–water partition coefficient (Wildman–Crippen LogP) is 4.63. The summed E-state index contributed by atoms with van der Waals surface area (Å²) in [6.45, 7) is 8.62. The number of rotatable bonds is 14. The quantitative estimate of drug-likeness (QED) is 0.202. The molecule has 0 radical (unpaired) electrons. The lowest BCUT2D eigenvalue weighted by Crippen LogP contribution is -2.45. The van der Waals surface area contributed by atoms with Gasteiger partial charge in [-0.3, -0.25) is 9.58 Å². The van der Waals surface area contributed by atoms with Crippen LogP contribution in [0.2, 0.25) is 0 Å². The molecule has 1 aliphatic heterocycles. The van der Waals surface area contributed by atoms with Crippen LogP contribution in [0.4, 0.5) is 11.6 Å². The molecule has 3 aromatic heterocycles. The van der Waals surface area contributed by atoms with Crippen molar-refractivity contribution < 1.29 is 18.9 Å². The van der Waals surface area contributed by atoms with Crippen molar-refractivity contribution in [2.24, 2.45) is 0 Å². The van der Waals surface area contributed by atoms with Gasteiger partial charge in [0.25, 0.3) is 5.88 Å². The number of hydrogen-bond donors (Lipinski definition) is 1. The van der Waals surface area contributed by atoms with Crippen molar-refractivity contribution in [3.63, 3.8) is 0 Å². The van der Waals surface area contributed by atoms with E-state index in [9.17, 15) is 5.26 Å². The van der Waals surface area contributed by atoms with E-state index in [1.165, 1.54) is 6.33 Å². The Bertz CT molecular complexity index is 1620. The fraction of sp³-hybridized carbons (Fsp3) is 0.529. The van der Waals surface area contributed by atoms with Crippen molar-refractivity contribution in [3.05, 3.63) is 55.0 Å². The lowest BCUT2D eigenvalue weighted by Gasteiger charge is -2.38. The number of nitrogens with zero attached hydrogens (tertiary/aromatic N) is 9. The smallest absolute Gasteiger partial charge is 0.256 e. The minimum atomic E-state index is -0.230. The molecule has 1 saturated carbocycles. The highest BCUT2D eigenvalue weighted by Crippen LogP contribution is 2.35. The summed E-state index contributed by atoms with van der Waals surface area (Å²) in [7, 11) is 1.70. The van der Waals surface area contributed by atoms with Gasteiger partial charge < -0.3 is 24.3 Å². The number of morpholine rings is 1.